The van der Waals surface area contributed by atoms with Gasteiger partial charge in [0.25, 0.3) is 5.91 Å². The van der Waals surface area contributed by atoms with Gasteiger partial charge in [0, 0.05) is 5.38 Å². The molecular weight excluding hydrogens is 250 g/mol. The van der Waals surface area contributed by atoms with Crippen LogP contribution in [0, 0.1) is 6.92 Å². The average Bonchev–Trinajstić information content (AvgIpc) is 2.73. The van der Waals surface area contributed by atoms with E-state index in [0.717, 1.165) is 10.7 Å². The summed E-state index contributed by atoms with van der Waals surface area (Å²) < 4.78 is 5.55. The van der Waals surface area contributed by atoms with E-state index < -0.39 is 5.91 Å². The van der Waals surface area contributed by atoms with E-state index in [4.69, 9.17) is 16.2 Å². The minimum atomic E-state index is -0.563. The third-order valence-electron chi connectivity index (χ3n) is 2.34. The van der Waals surface area contributed by atoms with E-state index in [9.17, 15) is 4.79 Å². The van der Waals surface area contributed by atoms with E-state index in [1.807, 2.05) is 12.3 Å². The highest BCUT2D eigenvalue weighted by atomic mass is 32.1. The van der Waals surface area contributed by atoms with Crippen LogP contribution in [0.25, 0.3) is 0 Å². The van der Waals surface area contributed by atoms with Crippen LogP contribution in [0.4, 0.5) is 5.69 Å². The molecule has 18 heavy (non-hydrogen) atoms. The highest BCUT2D eigenvalue weighted by Gasteiger charge is 2.12. The fraction of sp³-hybridized carbons (Fsp3) is 0.167. The molecule has 94 valence electrons. The third kappa shape index (κ3) is 2.60. The van der Waals surface area contributed by atoms with Gasteiger partial charge in [-0.1, -0.05) is 6.07 Å². The van der Waals surface area contributed by atoms with Crippen LogP contribution in [0.15, 0.2) is 23.6 Å². The minimum Gasteiger partial charge on any atom is -0.484 e. The first-order valence-corrected chi connectivity index (χ1v) is 6.18. The molecule has 0 aliphatic heterocycles. The number of thiazole rings is 1. The largest absolute Gasteiger partial charge is 0.484 e. The van der Waals surface area contributed by atoms with E-state index >= 15 is 0 Å². The molecule has 1 amide bonds. The summed E-state index contributed by atoms with van der Waals surface area (Å²) in [6.07, 6.45) is 0. The summed E-state index contributed by atoms with van der Waals surface area (Å²) in [5.74, 6) is -0.248. The van der Waals surface area contributed by atoms with Gasteiger partial charge in [-0.25, -0.2) is 4.98 Å². The van der Waals surface area contributed by atoms with Gasteiger partial charge in [-0.15, -0.1) is 11.3 Å². The number of rotatable bonds is 4. The Morgan fingerprint density at radius 1 is 1.50 bits per heavy atom. The van der Waals surface area contributed by atoms with Crippen LogP contribution in [-0.2, 0) is 6.61 Å². The van der Waals surface area contributed by atoms with Crippen LogP contribution in [0.3, 0.4) is 0 Å². The van der Waals surface area contributed by atoms with E-state index in [1.54, 1.807) is 29.5 Å². The molecule has 0 unspecified atom stereocenters. The van der Waals surface area contributed by atoms with Crippen molar-refractivity contribution in [3.05, 3.63) is 39.8 Å². The summed E-state index contributed by atoms with van der Waals surface area (Å²) in [5.41, 5.74) is 12.5. The predicted octanol–water partition coefficient (Wildman–Crippen LogP) is 1.71. The number of benzene rings is 1. The molecule has 0 spiro atoms. The summed E-state index contributed by atoms with van der Waals surface area (Å²) in [5, 5.41) is 2.86. The molecule has 2 rings (SSSR count). The number of hydrogen-bond donors (Lipinski definition) is 2. The zero-order valence-electron chi connectivity index (χ0n) is 9.84. The number of nitrogens with zero attached hydrogens (tertiary/aromatic N) is 1. The lowest BCUT2D eigenvalue weighted by molar-refractivity contribution is 0.0996. The van der Waals surface area contributed by atoms with Crippen molar-refractivity contribution in [2.45, 2.75) is 13.5 Å². The molecule has 4 N–H and O–H groups in total. The van der Waals surface area contributed by atoms with Gasteiger partial charge in [0.2, 0.25) is 0 Å². The topological polar surface area (TPSA) is 91.2 Å². The lowest BCUT2D eigenvalue weighted by Crippen LogP contribution is -2.14. The Morgan fingerprint density at radius 3 is 2.89 bits per heavy atom. The monoisotopic (exact) mass is 263 g/mol. The lowest BCUT2D eigenvalue weighted by Gasteiger charge is -2.10. The zero-order valence-corrected chi connectivity index (χ0v) is 10.7. The molecule has 0 fully saturated rings. The van der Waals surface area contributed by atoms with Crippen molar-refractivity contribution < 1.29 is 9.53 Å². The maximum atomic E-state index is 11.3. The van der Waals surface area contributed by atoms with Gasteiger partial charge in [-0.3, -0.25) is 4.79 Å². The number of carbonyl (C=O) groups is 1. The smallest absolute Gasteiger partial charge is 0.252 e. The molecule has 1 heterocycles. The number of nitrogen functional groups attached to an aromatic ring is 1. The molecule has 1 aromatic carbocycles. The molecule has 0 aliphatic rings. The average molecular weight is 263 g/mol. The van der Waals surface area contributed by atoms with E-state index in [0.29, 0.717) is 11.4 Å². The molecule has 0 saturated heterocycles. The van der Waals surface area contributed by atoms with Crippen LogP contribution in [0.1, 0.15) is 21.1 Å². The highest BCUT2D eigenvalue weighted by molar-refractivity contribution is 7.09. The van der Waals surface area contributed by atoms with Gasteiger partial charge in [0.15, 0.2) is 5.75 Å². The summed E-state index contributed by atoms with van der Waals surface area (Å²) in [4.78, 5) is 15.5. The Bertz CT molecular complexity index is 580. The van der Waals surface area contributed by atoms with Crippen LogP contribution < -0.4 is 16.2 Å². The van der Waals surface area contributed by atoms with Gasteiger partial charge in [-0.2, -0.15) is 0 Å². The SMILES string of the molecule is Cc1nc(COc2c(N)cccc2C(N)=O)cs1. The number of amides is 1. The third-order valence-corrected chi connectivity index (χ3v) is 3.16. The summed E-state index contributed by atoms with van der Waals surface area (Å²) >= 11 is 1.54. The van der Waals surface area contributed by atoms with Gasteiger partial charge in [0.05, 0.1) is 22.0 Å². The van der Waals surface area contributed by atoms with Crippen molar-refractivity contribution >= 4 is 22.9 Å². The van der Waals surface area contributed by atoms with Gasteiger partial charge in [0.1, 0.15) is 6.61 Å². The first-order chi connectivity index (χ1) is 8.58. The Labute approximate surface area is 108 Å². The molecule has 0 radical (unpaired) electrons. The van der Waals surface area contributed by atoms with E-state index in [1.165, 1.54) is 0 Å². The van der Waals surface area contributed by atoms with Crippen LogP contribution in [-0.4, -0.2) is 10.9 Å². The second-order valence-corrected chi connectivity index (χ2v) is 4.80. The lowest BCUT2D eigenvalue weighted by atomic mass is 10.1. The molecule has 2 aromatic rings. The molecule has 0 atom stereocenters. The first-order valence-electron chi connectivity index (χ1n) is 5.30. The quantitative estimate of drug-likeness (QED) is 0.821. The number of anilines is 1. The van der Waals surface area contributed by atoms with Gasteiger partial charge >= 0.3 is 0 Å². The van der Waals surface area contributed by atoms with E-state index in [2.05, 4.69) is 4.98 Å². The molecule has 0 saturated carbocycles. The molecule has 5 nitrogen and oxygen atoms in total. The van der Waals surface area contributed by atoms with E-state index in [-0.39, 0.29) is 12.2 Å². The number of ether oxygens (including phenoxy) is 1. The van der Waals surface area contributed by atoms with Crippen LogP contribution >= 0.6 is 11.3 Å². The minimum absolute atomic E-state index is 0.263. The Morgan fingerprint density at radius 2 is 2.28 bits per heavy atom. The van der Waals surface area contributed by atoms with Crippen molar-refractivity contribution in [3.63, 3.8) is 0 Å². The normalized spacial score (nSPS) is 10.3. The Balaban J connectivity index is 2.20. The number of primary amides is 1. The Kier molecular flexibility index (Phi) is 3.47. The Hall–Kier alpha value is -2.08. The summed E-state index contributed by atoms with van der Waals surface area (Å²) in [6.45, 7) is 2.18. The number of hydrogen-bond acceptors (Lipinski definition) is 5. The number of aromatic nitrogens is 1. The van der Waals surface area contributed by atoms with Crippen molar-refractivity contribution in [2.75, 3.05) is 5.73 Å². The maximum Gasteiger partial charge on any atom is 0.252 e. The summed E-state index contributed by atoms with van der Waals surface area (Å²) in [7, 11) is 0. The number of carbonyl (C=O) groups excluding carboxylic acids is 1. The zero-order chi connectivity index (χ0) is 13.1. The van der Waals surface area contributed by atoms with Crippen molar-refractivity contribution in [1.29, 1.82) is 0 Å². The first kappa shape index (κ1) is 12.4. The van der Waals surface area contributed by atoms with Crippen molar-refractivity contribution in [1.82, 2.24) is 4.98 Å². The van der Waals surface area contributed by atoms with Crippen LogP contribution in [0.5, 0.6) is 5.75 Å². The second-order valence-electron chi connectivity index (χ2n) is 3.73. The molecule has 0 aliphatic carbocycles. The van der Waals surface area contributed by atoms with Crippen molar-refractivity contribution in [2.24, 2.45) is 5.73 Å². The van der Waals surface area contributed by atoms with Gasteiger partial charge < -0.3 is 16.2 Å². The number of para-hydroxylation sites is 1. The van der Waals surface area contributed by atoms with Crippen LogP contribution in [0.2, 0.25) is 0 Å². The fourth-order valence-corrected chi connectivity index (χ4v) is 2.13. The van der Waals surface area contributed by atoms with Crippen molar-refractivity contribution in [3.8, 4) is 5.75 Å². The molecular formula is C12H13N3O2S. The van der Waals surface area contributed by atoms with Gasteiger partial charge in [-0.05, 0) is 19.1 Å². The predicted molar refractivity (Wildman–Crippen MR) is 70.6 cm³/mol. The number of aryl methyl sites for hydroxylation is 1. The number of nitrogens with two attached hydrogens (primary N) is 2. The second kappa shape index (κ2) is 5.05. The highest BCUT2D eigenvalue weighted by Crippen LogP contribution is 2.27. The summed E-state index contributed by atoms with van der Waals surface area (Å²) in [6, 6.07) is 4.91. The molecule has 1 aromatic heterocycles. The molecule has 0 bridgehead atoms. The maximum absolute atomic E-state index is 11.3. The fourth-order valence-electron chi connectivity index (χ4n) is 1.53. The molecule has 6 heteroatoms. The standard InChI is InChI=1S/C12H13N3O2S/c1-7-15-8(6-18-7)5-17-11-9(12(14)16)3-2-4-10(11)13/h2-4,6H,5,13H2,1H3,(H2,14,16).